The summed E-state index contributed by atoms with van der Waals surface area (Å²) in [6, 6.07) is 3.42. The number of rotatable bonds is 4. The summed E-state index contributed by atoms with van der Waals surface area (Å²) in [5, 5.41) is 1.79. The molecule has 0 N–H and O–H groups in total. The zero-order chi connectivity index (χ0) is 18.9. The Balaban J connectivity index is 1.27. The van der Waals surface area contributed by atoms with Crippen molar-refractivity contribution in [2.24, 2.45) is 11.8 Å². The summed E-state index contributed by atoms with van der Waals surface area (Å²) in [4.78, 5) is 16.9. The zero-order valence-corrected chi connectivity index (χ0v) is 17.4. The maximum atomic E-state index is 12.8. The number of carbonyl (C=O) groups is 1. The number of carbonyl (C=O) groups excluding carboxylic acids is 1. The van der Waals surface area contributed by atoms with Crippen LogP contribution in [0.2, 0.25) is 0 Å². The van der Waals surface area contributed by atoms with Gasteiger partial charge in [0.15, 0.2) is 0 Å². The van der Waals surface area contributed by atoms with Crippen LogP contribution in [-0.4, -0.2) is 74.2 Å². The lowest BCUT2D eigenvalue weighted by Gasteiger charge is -2.42. The van der Waals surface area contributed by atoms with Crippen LogP contribution in [0.4, 0.5) is 0 Å². The normalized spacial score (nSPS) is 28.1. The minimum absolute atomic E-state index is 0.216. The van der Waals surface area contributed by atoms with Crippen molar-refractivity contribution in [2.45, 2.75) is 36.3 Å². The van der Waals surface area contributed by atoms with Crippen LogP contribution >= 0.6 is 11.3 Å². The molecule has 0 unspecified atom stereocenters. The molecule has 150 valence electrons. The third kappa shape index (κ3) is 4.23. The van der Waals surface area contributed by atoms with Gasteiger partial charge in [0.1, 0.15) is 4.21 Å². The van der Waals surface area contributed by atoms with Crippen molar-refractivity contribution in [1.82, 2.24) is 14.1 Å². The zero-order valence-electron chi connectivity index (χ0n) is 15.8. The molecule has 0 spiro atoms. The molecule has 2 saturated heterocycles. The molecule has 8 heteroatoms. The van der Waals surface area contributed by atoms with Gasteiger partial charge in [0.25, 0.3) is 10.0 Å². The standard InChI is InChI=1S/C19H29N3O3S2/c23-18(21-8-7-16-4-1-2-5-17(16)14-21)15-20-9-11-22(12-10-20)27(24,25)19-6-3-13-26-19/h3,6,13,16-17H,1-2,4-5,7-12,14-15H2/t16-,17-/m0/s1. The van der Waals surface area contributed by atoms with Gasteiger partial charge in [0, 0.05) is 39.3 Å². The highest BCUT2D eigenvalue weighted by Gasteiger charge is 2.34. The van der Waals surface area contributed by atoms with E-state index in [1.165, 1.54) is 37.0 Å². The van der Waals surface area contributed by atoms with E-state index in [1.54, 1.807) is 21.8 Å². The Morgan fingerprint density at radius 1 is 1.04 bits per heavy atom. The van der Waals surface area contributed by atoms with Gasteiger partial charge >= 0.3 is 0 Å². The lowest BCUT2D eigenvalue weighted by Crippen LogP contribution is -2.53. The van der Waals surface area contributed by atoms with E-state index in [0.717, 1.165) is 25.4 Å². The predicted octanol–water partition coefficient (Wildman–Crippen LogP) is 2.09. The van der Waals surface area contributed by atoms with Crippen LogP contribution in [-0.2, 0) is 14.8 Å². The van der Waals surface area contributed by atoms with E-state index < -0.39 is 10.0 Å². The van der Waals surface area contributed by atoms with Gasteiger partial charge in [-0.25, -0.2) is 8.42 Å². The minimum Gasteiger partial charge on any atom is -0.341 e. The highest BCUT2D eigenvalue weighted by Crippen LogP contribution is 2.36. The first-order chi connectivity index (χ1) is 13.0. The monoisotopic (exact) mass is 411 g/mol. The summed E-state index contributed by atoms with van der Waals surface area (Å²) in [5.74, 6) is 1.74. The average molecular weight is 412 g/mol. The Bertz CT molecular complexity index is 742. The number of amides is 1. The molecule has 0 aromatic carbocycles. The Morgan fingerprint density at radius 2 is 1.78 bits per heavy atom. The van der Waals surface area contributed by atoms with Crippen LogP contribution in [0.25, 0.3) is 0 Å². The Labute approximate surface area is 166 Å². The third-order valence-corrected chi connectivity index (χ3v) is 9.69. The molecular formula is C19H29N3O3S2. The largest absolute Gasteiger partial charge is 0.341 e. The van der Waals surface area contributed by atoms with E-state index in [0.29, 0.717) is 42.9 Å². The molecule has 1 aromatic rings. The molecule has 2 atom stereocenters. The van der Waals surface area contributed by atoms with Crippen molar-refractivity contribution >= 4 is 27.3 Å². The van der Waals surface area contributed by atoms with Crippen LogP contribution in [0.15, 0.2) is 21.7 Å². The molecule has 27 heavy (non-hydrogen) atoms. The van der Waals surface area contributed by atoms with E-state index in [9.17, 15) is 13.2 Å². The second-order valence-corrected chi connectivity index (χ2v) is 11.2. The van der Waals surface area contributed by atoms with Gasteiger partial charge in [-0.3, -0.25) is 9.69 Å². The second-order valence-electron chi connectivity index (χ2n) is 8.05. The van der Waals surface area contributed by atoms with Crippen LogP contribution < -0.4 is 0 Å². The maximum absolute atomic E-state index is 12.8. The number of hydrogen-bond donors (Lipinski definition) is 0. The fourth-order valence-electron chi connectivity index (χ4n) is 4.78. The summed E-state index contributed by atoms with van der Waals surface area (Å²) in [6.45, 7) is 4.40. The molecule has 1 aliphatic carbocycles. The number of sulfonamides is 1. The van der Waals surface area contributed by atoms with Gasteiger partial charge in [0.05, 0.1) is 6.54 Å². The van der Waals surface area contributed by atoms with Crippen LogP contribution in [0.3, 0.4) is 0 Å². The molecule has 1 saturated carbocycles. The smallest absolute Gasteiger partial charge is 0.252 e. The molecule has 2 aliphatic heterocycles. The van der Waals surface area contributed by atoms with E-state index in [-0.39, 0.29) is 5.91 Å². The number of hydrogen-bond acceptors (Lipinski definition) is 5. The number of fused-ring (bicyclic) bond motifs is 1. The highest BCUT2D eigenvalue weighted by atomic mass is 32.2. The molecule has 0 radical (unpaired) electrons. The maximum Gasteiger partial charge on any atom is 0.252 e. The molecule has 1 amide bonds. The number of piperazine rings is 1. The van der Waals surface area contributed by atoms with E-state index >= 15 is 0 Å². The highest BCUT2D eigenvalue weighted by molar-refractivity contribution is 7.91. The molecule has 0 bridgehead atoms. The van der Waals surface area contributed by atoms with Gasteiger partial charge in [-0.1, -0.05) is 25.3 Å². The summed E-state index contributed by atoms with van der Waals surface area (Å²) >= 11 is 1.26. The van der Waals surface area contributed by atoms with Crippen LogP contribution in [0.5, 0.6) is 0 Å². The lowest BCUT2D eigenvalue weighted by atomic mass is 9.75. The molecule has 6 nitrogen and oxygen atoms in total. The molecule has 1 aromatic heterocycles. The van der Waals surface area contributed by atoms with E-state index in [4.69, 9.17) is 0 Å². The van der Waals surface area contributed by atoms with Gasteiger partial charge in [-0.05, 0) is 36.1 Å². The SMILES string of the molecule is O=C(CN1CCN(S(=O)(=O)c2cccs2)CC1)N1CC[C@@H]2CCCC[C@H]2C1. The fourth-order valence-corrected chi connectivity index (χ4v) is 7.35. The van der Waals surface area contributed by atoms with Gasteiger partial charge in [-0.2, -0.15) is 4.31 Å². The Morgan fingerprint density at radius 3 is 2.48 bits per heavy atom. The lowest BCUT2D eigenvalue weighted by molar-refractivity contribution is -0.135. The minimum atomic E-state index is -3.37. The van der Waals surface area contributed by atoms with Crippen LogP contribution in [0, 0.1) is 11.8 Å². The van der Waals surface area contributed by atoms with Crippen molar-refractivity contribution < 1.29 is 13.2 Å². The number of thiophene rings is 1. The van der Waals surface area contributed by atoms with Crippen molar-refractivity contribution in [3.8, 4) is 0 Å². The quantitative estimate of drug-likeness (QED) is 0.761. The van der Waals surface area contributed by atoms with Crippen molar-refractivity contribution in [3.05, 3.63) is 17.5 Å². The van der Waals surface area contributed by atoms with Crippen molar-refractivity contribution in [2.75, 3.05) is 45.8 Å². The average Bonchev–Trinajstić information content (AvgIpc) is 3.24. The first-order valence-corrected chi connectivity index (χ1v) is 12.4. The number of piperidine rings is 1. The first kappa shape index (κ1) is 19.4. The fraction of sp³-hybridized carbons (Fsp3) is 0.737. The molecule has 3 fully saturated rings. The molecule has 3 heterocycles. The number of likely N-dealkylation sites (tertiary alicyclic amines) is 1. The van der Waals surface area contributed by atoms with E-state index in [2.05, 4.69) is 9.80 Å². The summed E-state index contributed by atoms with van der Waals surface area (Å²) in [5.41, 5.74) is 0. The summed E-state index contributed by atoms with van der Waals surface area (Å²) in [7, 11) is -3.37. The van der Waals surface area contributed by atoms with E-state index in [1.807, 2.05) is 0 Å². The van der Waals surface area contributed by atoms with Gasteiger partial charge in [0.2, 0.25) is 5.91 Å². The Kier molecular flexibility index (Phi) is 5.87. The number of nitrogens with zero attached hydrogens (tertiary/aromatic N) is 3. The summed E-state index contributed by atoms with van der Waals surface area (Å²) in [6.07, 6.45) is 6.43. The second kappa shape index (κ2) is 8.19. The third-order valence-electron chi connectivity index (χ3n) is 6.42. The van der Waals surface area contributed by atoms with Gasteiger partial charge in [-0.15, -0.1) is 11.3 Å². The van der Waals surface area contributed by atoms with Crippen molar-refractivity contribution in [3.63, 3.8) is 0 Å². The molecular weight excluding hydrogens is 382 g/mol. The van der Waals surface area contributed by atoms with Gasteiger partial charge < -0.3 is 4.90 Å². The molecule has 3 aliphatic rings. The topological polar surface area (TPSA) is 60.9 Å². The Hall–Kier alpha value is -0.960. The predicted molar refractivity (Wildman–Crippen MR) is 106 cm³/mol. The first-order valence-electron chi connectivity index (χ1n) is 10.1. The summed E-state index contributed by atoms with van der Waals surface area (Å²) < 4.78 is 27.2. The van der Waals surface area contributed by atoms with Crippen LogP contribution in [0.1, 0.15) is 32.1 Å². The molecule has 4 rings (SSSR count). The van der Waals surface area contributed by atoms with Crippen molar-refractivity contribution in [1.29, 1.82) is 0 Å².